The number of hydrogen-bond donors (Lipinski definition) is 1. The van der Waals surface area contributed by atoms with Crippen LogP contribution < -0.4 is 14.8 Å². The van der Waals surface area contributed by atoms with Crippen LogP contribution in [0.1, 0.15) is 12.8 Å². The molecular formula is C14H18ClNO5S. The molecule has 0 saturated carbocycles. The topological polar surface area (TPSA) is 81.7 Å². The highest BCUT2D eigenvalue weighted by molar-refractivity contribution is 7.91. The number of ether oxygens (including phenoxy) is 2. The van der Waals surface area contributed by atoms with E-state index >= 15 is 0 Å². The first kappa shape index (κ1) is 16.9. The number of sulfone groups is 1. The van der Waals surface area contributed by atoms with Gasteiger partial charge in [-0.15, -0.1) is 0 Å². The van der Waals surface area contributed by atoms with Crippen molar-refractivity contribution in [2.75, 3.05) is 31.0 Å². The highest BCUT2D eigenvalue weighted by Gasteiger charge is 2.30. The van der Waals surface area contributed by atoms with Gasteiger partial charge in [-0.3, -0.25) is 4.79 Å². The molecule has 8 heteroatoms. The van der Waals surface area contributed by atoms with Crippen molar-refractivity contribution < 1.29 is 22.7 Å². The second-order valence-electron chi connectivity index (χ2n) is 5.13. The number of hydrogen-bond acceptors (Lipinski definition) is 5. The highest BCUT2D eigenvalue weighted by atomic mass is 35.5. The van der Waals surface area contributed by atoms with Gasteiger partial charge in [-0.25, -0.2) is 8.42 Å². The molecule has 1 fully saturated rings. The molecule has 1 heterocycles. The number of benzene rings is 1. The van der Waals surface area contributed by atoms with Gasteiger partial charge in [0.2, 0.25) is 5.91 Å². The summed E-state index contributed by atoms with van der Waals surface area (Å²) in [6.07, 6.45) is 1.06. The minimum Gasteiger partial charge on any atom is -0.495 e. The average Bonchev–Trinajstić information content (AvgIpc) is 2.47. The van der Waals surface area contributed by atoms with Crippen LogP contribution in [-0.2, 0) is 14.6 Å². The molecule has 1 amide bonds. The molecule has 1 N–H and O–H groups in total. The van der Waals surface area contributed by atoms with E-state index in [0.717, 1.165) is 0 Å². The molecule has 1 atom stereocenters. The van der Waals surface area contributed by atoms with Gasteiger partial charge in [-0.2, -0.15) is 0 Å². The Bertz CT molecular complexity index is 674. The largest absolute Gasteiger partial charge is 0.495 e. The van der Waals surface area contributed by atoms with Crippen LogP contribution in [0.3, 0.4) is 0 Å². The lowest BCUT2D eigenvalue weighted by Crippen LogP contribution is -2.34. The zero-order valence-electron chi connectivity index (χ0n) is 12.4. The lowest BCUT2D eigenvalue weighted by atomic mass is 10.0. The third kappa shape index (κ3) is 3.84. The van der Waals surface area contributed by atoms with Gasteiger partial charge in [-0.05, 0) is 12.8 Å². The van der Waals surface area contributed by atoms with Crippen LogP contribution in [0.2, 0.25) is 5.02 Å². The van der Waals surface area contributed by atoms with Crippen molar-refractivity contribution in [3.8, 4) is 11.5 Å². The first-order valence-electron chi connectivity index (χ1n) is 6.79. The van der Waals surface area contributed by atoms with Crippen molar-refractivity contribution in [1.82, 2.24) is 0 Å². The third-order valence-electron chi connectivity index (χ3n) is 3.57. The lowest BCUT2D eigenvalue weighted by Gasteiger charge is -2.22. The summed E-state index contributed by atoms with van der Waals surface area (Å²) in [7, 11) is -0.220. The van der Waals surface area contributed by atoms with Gasteiger partial charge >= 0.3 is 0 Å². The van der Waals surface area contributed by atoms with E-state index in [4.69, 9.17) is 21.1 Å². The molecule has 6 nitrogen and oxygen atoms in total. The normalized spacial score (nSPS) is 20.2. The first-order chi connectivity index (χ1) is 10.4. The number of halogens is 1. The van der Waals surface area contributed by atoms with Crippen LogP contribution in [-0.4, -0.2) is 40.1 Å². The Morgan fingerprint density at radius 3 is 2.55 bits per heavy atom. The molecular weight excluding hydrogens is 330 g/mol. The van der Waals surface area contributed by atoms with Crippen molar-refractivity contribution in [3.63, 3.8) is 0 Å². The first-order valence-corrected chi connectivity index (χ1v) is 8.99. The maximum Gasteiger partial charge on any atom is 0.228 e. The predicted molar refractivity (Wildman–Crippen MR) is 84.6 cm³/mol. The molecule has 0 spiro atoms. The molecule has 1 aromatic carbocycles. The summed E-state index contributed by atoms with van der Waals surface area (Å²) in [6, 6.07) is 3.09. The van der Waals surface area contributed by atoms with Gasteiger partial charge in [0.15, 0.2) is 9.84 Å². The fourth-order valence-electron chi connectivity index (χ4n) is 2.42. The van der Waals surface area contributed by atoms with Crippen LogP contribution >= 0.6 is 11.6 Å². The Morgan fingerprint density at radius 2 is 1.95 bits per heavy atom. The second-order valence-corrected chi connectivity index (χ2v) is 7.77. The molecule has 2 rings (SSSR count). The minimum absolute atomic E-state index is 0.119. The predicted octanol–water partition coefficient (Wildman–Crippen LogP) is 2.12. The van der Waals surface area contributed by atoms with Crippen molar-refractivity contribution in [3.05, 3.63) is 17.2 Å². The molecule has 122 valence electrons. The van der Waals surface area contributed by atoms with Gasteiger partial charge in [0, 0.05) is 12.1 Å². The smallest absolute Gasteiger partial charge is 0.228 e. The Labute approximate surface area is 134 Å². The lowest BCUT2D eigenvalue weighted by molar-refractivity contribution is -0.119. The third-order valence-corrected chi connectivity index (χ3v) is 5.68. The van der Waals surface area contributed by atoms with E-state index in [1.807, 2.05) is 0 Å². The molecule has 22 heavy (non-hydrogen) atoms. The summed E-state index contributed by atoms with van der Waals surface area (Å²) in [5, 5.41) is 3.06. The standard InChI is InChI=1S/C14H18ClNO5S/c1-20-12-7-11(13(21-2)6-10(12)15)16-14(17)9-4-3-5-22(18,19)8-9/h6-7,9H,3-5,8H2,1-2H3,(H,16,17). The minimum atomic E-state index is -3.14. The van der Waals surface area contributed by atoms with E-state index in [0.29, 0.717) is 35.1 Å². The maximum absolute atomic E-state index is 12.3. The second kappa shape index (κ2) is 6.75. The number of carbonyl (C=O) groups is 1. The number of rotatable bonds is 4. The van der Waals surface area contributed by atoms with E-state index in [1.165, 1.54) is 20.3 Å². The molecule has 0 aliphatic carbocycles. The number of amides is 1. The Hall–Kier alpha value is -1.47. The Balaban J connectivity index is 2.20. The van der Waals surface area contributed by atoms with Crippen molar-refractivity contribution in [1.29, 1.82) is 0 Å². The van der Waals surface area contributed by atoms with Gasteiger partial charge in [0.25, 0.3) is 0 Å². The van der Waals surface area contributed by atoms with E-state index in [2.05, 4.69) is 5.32 Å². The summed E-state index contributed by atoms with van der Waals surface area (Å²) >= 11 is 6.01. The van der Waals surface area contributed by atoms with Crippen LogP contribution in [0.25, 0.3) is 0 Å². The SMILES string of the molecule is COc1cc(NC(=O)C2CCCS(=O)(=O)C2)c(OC)cc1Cl. The van der Waals surface area contributed by atoms with Crippen LogP contribution in [0, 0.1) is 5.92 Å². The van der Waals surface area contributed by atoms with E-state index < -0.39 is 15.8 Å². The van der Waals surface area contributed by atoms with Crippen molar-refractivity contribution in [2.24, 2.45) is 5.92 Å². The summed E-state index contributed by atoms with van der Waals surface area (Å²) in [6.45, 7) is 0. The number of carbonyl (C=O) groups excluding carboxylic acids is 1. The molecule has 0 bridgehead atoms. The molecule has 0 radical (unpaired) electrons. The summed E-state index contributed by atoms with van der Waals surface area (Å²) in [4.78, 5) is 12.3. The summed E-state index contributed by atoms with van der Waals surface area (Å²) in [5.41, 5.74) is 0.400. The molecule has 1 aliphatic rings. The highest BCUT2D eigenvalue weighted by Crippen LogP contribution is 2.36. The van der Waals surface area contributed by atoms with E-state index in [9.17, 15) is 13.2 Å². The number of nitrogens with one attached hydrogen (secondary N) is 1. The fourth-order valence-corrected chi connectivity index (χ4v) is 4.36. The molecule has 0 aromatic heterocycles. The Morgan fingerprint density at radius 1 is 1.27 bits per heavy atom. The van der Waals surface area contributed by atoms with Crippen LogP contribution in [0.15, 0.2) is 12.1 Å². The quantitative estimate of drug-likeness (QED) is 0.902. The van der Waals surface area contributed by atoms with Gasteiger partial charge in [0.05, 0.1) is 42.4 Å². The zero-order valence-corrected chi connectivity index (χ0v) is 14.0. The molecule has 1 unspecified atom stereocenters. The van der Waals surface area contributed by atoms with Crippen molar-refractivity contribution in [2.45, 2.75) is 12.8 Å². The van der Waals surface area contributed by atoms with E-state index in [1.54, 1.807) is 6.07 Å². The molecule has 1 saturated heterocycles. The monoisotopic (exact) mass is 347 g/mol. The van der Waals surface area contributed by atoms with Crippen LogP contribution in [0.4, 0.5) is 5.69 Å². The summed E-state index contributed by atoms with van der Waals surface area (Å²) < 4.78 is 33.6. The number of methoxy groups -OCH3 is 2. The van der Waals surface area contributed by atoms with Gasteiger partial charge in [0.1, 0.15) is 11.5 Å². The zero-order chi connectivity index (χ0) is 16.3. The Kier molecular flexibility index (Phi) is 5.18. The summed E-state index contributed by atoms with van der Waals surface area (Å²) in [5.74, 6) is -0.0799. The van der Waals surface area contributed by atoms with Gasteiger partial charge < -0.3 is 14.8 Å². The average molecular weight is 348 g/mol. The van der Waals surface area contributed by atoms with E-state index in [-0.39, 0.29) is 17.4 Å². The maximum atomic E-state index is 12.3. The van der Waals surface area contributed by atoms with Crippen molar-refractivity contribution >= 4 is 33.0 Å². The fraction of sp³-hybridized carbons (Fsp3) is 0.500. The molecule has 1 aliphatic heterocycles. The van der Waals surface area contributed by atoms with Gasteiger partial charge in [-0.1, -0.05) is 11.6 Å². The number of anilines is 1. The van der Waals surface area contributed by atoms with Crippen LogP contribution in [0.5, 0.6) is 11.5 Å². The molecule has 1 aromatic rings.